The minimum Gasteiger partial charge on any atom is -0.475 e. The quantitative estimate of drug-likeness (QED) is 0.105. The standard InChI is InChI=1S/C32H35N5O4.C29H30N4O3/c1-21-5-8-25(30(39)37-15-13-24(14-16-37)23-9-6-22(18-33)7-10-23)17-28(21)36-29(38)26-11-12-27(34-19-26)20-35-31(40)41-32(2,3)4;1-19(2)36-27-11-10-25(18-31-27)28(34)32-26-16-24(7-4-20(26)3)29(35)33-14-12-23(13-15-33)22-8-5-21(17-30)6-9-22/h5-12,17,19,24H,13-16,20H2,1-4H3,(H,35,40)(H,36,38);4-11,16,18-19,23H,12-15H2,1-3H3,(H,32,34). The van der Waals surface area contributed by atoms with Gasteiger partial charge in [0.25, 0.3) is 23.6 Å². The van der Waals surface area contributed by atoms with Gasteiger partial charge in [0, 0.05) is 67.1 Å². The van der Waals surface area contributed by atoms with Gasteiger partial charge in [-0.25, -0.2) is 9.78 Å². The summed E-state index contributed by atoms with van der Waals surface area (Å²) in [6.07, 6.45) is 5.84. The van der Waals surface area contributed by atoms with Gasteiger partial charge in [0.1, 0.15) is 5.60 Å². The smallest absolute Gasteiger partial charge is 0.407 e. The van der Waals surface area contributed by atoms with Crippen LogP contribution < -0.4 is 20.7 Å². The number of nitriles is 2. The van der Waals surface area contributed by atoms with Crippen molar-refractivity contribution >= 4 is 41.1 Å². The van der Waals surface area contributed by atoms with Crippen LogP contribution >= 0.6 is 0 Å². The summed E-state index contributed by atoms with van der Waals surface area (Å²) in [4.78, 5) is 76.3. The van der Waals surface area contributed by atoms with Gasteiger partial charge in [-0.2, -0.15) is 10.5 Å². The van der Waals surface area contributed by atoms with E-state index >= 15 is 0 Å². The third-order valence-electron chi connectivity index (χ3n) is 13.3. The zero-order valence-corrected chi connectivity index (χ0v) is 44.7. The zero-order valence-electron chi connectivity index (χ0n) is 44.7. The lowest BCUT2D eigenvalue weighted by molar-refractivity contribution is 0.0521. The fraction of sp³-hybridized carbons (Fsp3) is 0.328. The number of amides is 5. The van der Waals surface area contributed by atoms with Crippen molar-refractivity contribution in [3.8, 4) is 18.0 Å². The van der Waals surface area contributed by atoms with Crippen LogP contribution in [0.2, 0.25) is 0 Å². The molecule has 77 heavy (non-hydrogen) atoms. The Hall–Kier alpha value is -8.89. The highest BCUT2D eigenvalue weighted by Gasteiger charge is 2.27. The second-order valence-electron chi connectivity index (χ2n) is 20.5. The molecule has 0 spiro atoms. The molecule has 396 valence electrons. The summed E-state index contributed by atoms with van der Waals surface area (Å²) in [6, 6.07) is 37.0. The average Bonchev–Trinajstić information content (AvgIpc) is 3.43. The number of piperidine rings is 2. The van der Waals surface area contributed by atoms with Crippen molar-refractivity contribution in [2.45, 2.75) is 104 Å². The van der Waals surface area contributed by atoms with Crippen LogP contribution in [0.25, 0.3) is 0 Å². The molecule has 0 radical (unpaired) electrons. The molecule has 2 aliphatic heterocycles. The summed E-state index contributed by atoms with van der Waals surface area (Å²) in [6.45, 7) is 15.7. The molecule has 0 unspecified atom stereocenters. The molecular weight excluding hydrogens is 971 g/mol. The molecule has 2 fully saturated rings. The largest absolute Gasteiger partial charge is 0.475 e. The number of likely N-dealkylation sites (tertiary alicyclic amines) is 2. The lowest BCUT2D eigenvalue weighted by Gasteiger charge is -2.32. The van der Waals surface area contributed by atoms with Crippen molar-refractivity contribution < 1.29 is 33.4 Å². The second-order valence-corrected chi connectivity index (χ2v) is 20.5. The van der Waals surface area contributed by atoms with Crippen LogP contribution in [0.5, 0.6) is 5.88 Å². The van der Waals surface area contributed by atoms with Crippen molar-refractivity contribution in [3.05, 3.63) is 183 Å². The maximum Gasteiger partial charge on any atom is 0.407 e. The molecule has 16 nitrogen and oxygen atoms in total. The van der Waals surface area contributed by atoms with Crippen molar-refractivity contribution in [3.63, 3.8) is 0 Å². The Morgan fingerprint density at radius 2 is 1.04 bits per heavy atom. The molecule has 4 aromatic carbocycles. The number of anilines is 2. The number of nitrogens with zero attached hydrogens (tertiary/aromatic N) is 6. The van der Waals surface area contributed by atoms with Crippen LogP contribution in [0, 0.1) is 36.5 Å². The molecule has 4 heterocycles. The van der Waals surface area contributed by atoms with Gasteiger partial charge in [0.2, 0.25) is 5.88 Å². The summed E-state index contributed by atoms with van der Waals surface area (Å²) in [5, 5.41) is 26.5. The maximum absolute atomic E-state index is 13.3. The summed E-state index contributed by atoms with van der Waals surface area (Å²) >= 11 is 0. The topological polar surface area (TPSA) is 220 Å². The summed E-state index contributed by atoms with van der Waals surface area (Å²) in [5.41, 5.74) is 8.38. The fourth-order valence-corrected chi connectivity index (χ4v) is 8.99. The highest BCUT2D eigenvalue weighted by atomic mass is 16.6. The first kappa shape index (κ1) is 55.9. The van der Waals surface area contributed by atoms with Crippen LogP contribution in [0.1, 0.15) is 153 Å². The highest BCUT2D eigenvalue weighted by Crippen LogP contribution is 2.31. The Morgan fingerprint density at radius 1 is 0.610 bits per heavy atom. The molecule has 5 amide bonds. The van der Waals surface area contributed by atoms with Gasteiger partial charge in [-0.05, 0) is 175 Å². The monoisotopic (exact) mass is 1040 g/mol. The lowest BCUT2D eigenvalue weighted by atomic mass is 9.89. The molecule has 0 saturated carbocycles. The van der Waals surface area contributed by atoms with Gasteiger partial charge in [-0.3, -0.25) is 24.2 Å². The van der Waals surface area contributed by atoms with Gasteiger partial charge in [-0.1, -0.05) is 36.4 Å². The summed E-state index contributed by atoms with van der Waals surface area (Å²) < 4.78 is 10.7. The Labute approximate surface area is 450 Å². The molecule has 6 aromatic rings. The second kappa shape index (κ2) is 25.6. The van der Waals surface area contributed by atoms with Crippen molar-refractivity contribution in [1.82, 2.24) is 25.1 Å². The molecule has 8 rings (SSSR count). The van der Waals surface area contributed by atoms with Crippen LogP contribution in [-0.2, 0) is 11.3 Å². The van der Waals surface area contributed by atoms with Crippen LogP contribution in [0.3, 0.4) is 0 Å². The third kappa shape index (κ3) is 15.6. The number of hydrogen-bond donors (Lipinski definition) is 3. The van der Waals surface area contributed by atoms with E-state index in [2.05, 4.69) is 38.1 Å². The molecule has 2 aromatic heterocycles. The minimum atomic E-state index is -0.594. The van der Waals surface area contributed by atoms with E-state index in [0.717, 1.165) is 36.8 Å². The number of pyridine rings is 2. The number of aryl methyl sites for hydroxylation is 2. The number of nitrogens with one attached hydrogen (secondary N) is 3. The number of alkyl carbamates (subject to hydrolysis) is 1. The van der Waals surface area contributed by atoms with Crippen LogP contribution in [0.15, 0.2) is 122 Å². The molecule has 0 atom stereocenters. The van der Waals surface area contributed by atoms with Gasteiger partial charge in [0.05, 0.1) is 52.7 Å². The minimum absolute atomic E-state index is 0.00172. The Morgan fingerprint density at radius 3 is 1.42 bits per heavy atom. The molecule has 2 aliphatic rings. The Bertz CT molecular complexity index is 3140. The molecular formula is C61H65N9O7. The SMILES string of the molecule is Cc1ccc(C(=O)N2CCC(c3ccc(C#N)cc3)CC2)cc1NC(=O)c1ccc(CNC(=O)OC(C)(C)C)nc1.Cc1ccc(C(=O)N2CCC(c3ccc(C#N)cc3)CC2)cc1NC(=O)c1ccc(OC(C)C)nc1. The first-order valence-corrected chi connectivity index (χ1v) is 25.8. The number of rotatable bonds is 12. The fourth-order valence-electron chi connectivity index (χ4n) is 8.99. The third-order valence-corrected chi connectivity index (χ3v) is 13.3. The van der Waals surface area contributed by atoms with E-state index in [9.17, 15) is 24.0 Å². The molecule has 16 heteroatoms. The molecule has 0 aliphatic carbocycles. The van der Waals surface area contributed by atoms with E-state index in [1.54, 1.807) is 69.3 Å². The van der Waals surface area contributed by atoms with Crippen molar-refractivity contribution in [2.75, 3.05) is 36.8 Å². The number of carbonyl (C=O) groups excluding carboxylic acids is 5. The molecule has 0 bridgehead atoms. The number of ether oxygens (including phenoxy) is 2. The van der Waals surface area contributed by atoms with E-state index in [-0.39, 0.29) is 36.3 Å². The van der Waals surface area contributed by atoms with E-state index < -0.39 is 11.7 Å². The normalized spacial score (nSPS) is 13.7. The van der Waals surface area contributed by atoms with E-state index in [0.29, 0.717) is 94.3 Å². The predicted molar refractivity (Wildman–Crippen MR) is 294 cm³/mol. The first-order valence-electron chi connectivity index (χ1n) is 25.8. The van der Waals surface area contributed by atoms with Gasteiger partial charge in [0.15, 0.2) is 0 Å². The average molecular weight is 1040 g/mol. The maximum atomic E-state index is 13.3. The number of aromatic nitrogens is 2. The summed E-state index contributed by atoms with van der Waals surface area (Å²) in [5.74, 6) is 0.444. The highest BCUT2D eigenvalue weighted by molar-refractivity contribution is 6.06. The first-order chi connectivity index (χ1) is 36.9. The van der Waals surface area contributed by atoms with E-state index in [1.165, 1.54) is 23.5 Å². The van der Waals surface area contributed by atoms with Gasteiger partial charge >= 0.3 is 6.09 Å². The Kier molecular flexibility index (Phi) is 18.5. The zero-order chi connectivity index (χ0) is 55.2. The van der Waals surface area contributed by atoms with Crippen molar-refractivity contribution in [2.24, 2.45) is 0 Å². The molecule has 2 saturated heterocycles. The molecule has 3 N–H and O–H groups in total. The van der Waals surface area contributed by atoms with E-state index in [1.807, 2.05) is 98.2 Å². The van der Waals surface area contributed by atoms with Crippen LogP contribution in [-0.4, -0.2) is 87.4 Å². The number of benzene rings is 4. The van der Waals surface area contributed by atoms with Crippen LogP contribution in [0.4, 0.5) is 16.2 Å². The Balaban J connectivity index is 0.000000225. The number of hydrogen-bond acceptors (Lipinski definition) is 11. The van der Waals surface area contributed by atoms with Gasteiger partial charge in [-0.15, -0.1) is 0 Å². The predicted octanol–water partition coefficient (Wildman–Crippen LogP) is 10.9. The van der Waals surface area contributed by atoms with Gasteiger partial charge < -0.3 is 35.2 Å². The van der Waals surface area contributed by atoms with E-state index in [4.69, 9.17) is 20.0 Å². The summed E-state index contributed by atoms with van der Waals surface area (Å²) in [7, 11) is 0. The lowest BCUT2D eigenvalue weighted by Crippen LogP contribution is -2.38. The number of carbonyl (C=O) groups is 5. The van der Waals surface area contributed by atoms with Crippen molar-refractivity contribution in [1.29, 1.82) is 10.5 Å².